The minimum Gasteiger partial charge on any atom is -0.415 e. The van der Waals surface area contributed by atoms with Gasteiger partial charge in [-0.2, -0.15) is 0 Å². The average molecular weight is 534 g/mol. The molecule has 12 heteroatoms. The van der Waals surface area contributed by atoms with Crippen molar-refractivity contribution in [3.8, 4) is 5.75 Å². The zero-order valence-corrected chi connectivity index (χ0v) is 20.2. The number of ether oxygens (including phenoxy) is 2. The zero-order valence-electron chi connectivity index (χ0n) is 20.2. The van der Waals surface area contributed by atoms with Gasteiger partial charge in [0.2, 0.25) is 6.29 Å². The molecule has 0 fully saturated rings. The van der Waals surface area contributed by atoms with Crippen molar-refractivity contribution >= 4 is 23.4 Å². The van der Waals surface area contributed by atoms with Crippen LogP contribution in [0.5, 0.6) is 5.75 Å². The monoisotopic (exact) mass is 533 g/mol. The lowest BCUT2D eigenvalue weighted by Gasteiger charge is -2.29. The van der Waals surface area contributed by atoms with Crippen LogP contribution in [0.4, 0.5) is 29.3 Å². The quantitative estimate of drug-likeness (QED) is 0.233. The van der Waals surface area contributed by atoms with Crippen LogP contribution in [0.2, 0.25) is 0 Å². The number of hydrogen-bond donors (Lipinski definition) is 4. The Bertz CT molecular complexity index is 1240. The number of carbonyl (C=O) groups is 2. The van der Waals surface area contributed by atoms with Gasteiger partial charge in [0.1, 0.15) is 5.75 Å². The number of nitrogen functional groups attached to an aromatic ring is 1. The maximum atomic E-state index is 12.8. The fourth-order valence-electron chi connectivity index (χ4n) is 3.51. The predicted molar refractivity (Wildman–Crippen MR) is 132 cm³/mol. The van der Waals surface area contributed by atoms with Gasteiger partial charge in [0, 0.05) is 17.7 Å². The van der Waals surface area contributed by atoms with E-state index in [9.17, 15) is 33.0 Å². The van der Waals surface area contributed by atoms with Crippen molar-refractivity contribution in [1.82, 2.24) is 4.90 Å². The van der Waals surface area contributed by atoms with E-state index in [0.29, 0.717) is 16.9 Å². The van der Waals surface area contributed by atoms with Crippen molar-refractivity contribution in [3.05, 3.63) is 89.5 Å². The lowest BCUT2D eigenvalue weighted by atomic mass is 10.1. The summed E-state index contributed by atoms with van der Waals surface area (Å²) in [5.41, 5.74) is 7.55. The third-order valence-electron chi connectivity index (χ3n) is 5.52. The molecule has 2 atom stereocenters. The standard InChI is InChI=1S/C26H26F3N3O6/c1-16(17-10-12-20(13-11-17)38-26(27,28)29)32(14-15-33)25(36)37-24(35)19-8-6-18(7-9-19)23(34)31-22-5-3-2-4-21(22)30/h2-13,16,24,33,35H,14-15,30H2,1H3,(H,31,34)/t16-,24-/m0/s1. The van der Waals surface area contributed by atoms with Gasteiger partial charge >= 0.3 is 12.5 Å². The molecule has 3 rings (SSSR count). The number of alkyl halides is 3. The number of benzene rings is 3. The highest BCUT2D eigenvalue weighted by Gasteiger charge is 2.31. The Labute approximate surface area is 216 Å². The Morgan fingerprint density at radius 1 is 1.00 bits per heavy atom. The molecule has 9 nitrogen and oxygen atoms in total. The first-order chi connectivity index (χ1) is 18.0. The van der Waals surface area contributed by atoms with Crippen molar-refractivity contribution in [2.45, 2.75) is 25.6 Å². The molecule has 0 unspecified atom stereocenters. The summed E-state index contributed by atoms with van der Waals surface area (Å²) in [6, 6.07) is 16.6. The molecule has 38 heavy (non-hydrogen) atoms. The van der Waals surface area contributed by atoms with E-state index in [4.69, 9.17) is 10.5 Å². The Balaban J connectivity index is 1.64. The molecule has 0 heterocycles. The van der Waals surface area contributed by atoms with Gasteiger partial charge in [0.05, 0.1) is 24.0 Å². The van der Waals surface area contributed by atoms with E-state index in [1.54, 1.807) is 31.2 Å². The van der Waals surface area contributed by atoms with Crippen molar-refractivity contribution < 1.29 is 42.4 Å². The van der Waals surface area contributed by atoms with E-state index < -0.39 is 43.1 Å². The summed E-state index contributed by atoms with van der Waals surface area (Å²) < 4.78 is 46.2. The van der Waals surface area contributed by atoms with Crippen LogP contribution in [0.3, 0.4) is 0 Å². The van der Waals surface area contributed by atoms with Crippen molar-refractivity contribution in [2.24, 2.45) is 0 Å². The topological polar surface area (TPSA) is 134 Å². The highest BCUT2D eigenvalue weighted by molar-refractivity contribution is 6.05. The molecule has 0 aliphatic heterocycles. The number of nitrogens with one attached hydrogen (secondary N) is 1. The van der Waals surface area contributed by atoms with Gasteiger partial charge in [-0.15, -0.1) is 13.2 Å². The van der Waals surface area contributed by atoms with Crippen molar-refractivity contribution in [3.63, 3.8) is 0 Å². The van der Waals surface area contributed by atoms with E-state index in [0.717, 1.165) is 17.0 Å². The molecular formula is C26H26F3N3O6. The van der Waals surface area contributed by atoms with Crippen molar-refractivity contribution in [1.29, 1.82) is 0 Å². The van der Waals surface area contributed by atoms with Gasteiger partial charge in [-0.3, -0.25) is 9.69 Å². The molecule has 0 radical (unpaired) electrons. The van der Waals surface area contributed by atoms with Crippen LogP contribution in [-0.2, 0) is 4.74 Å². The highest BCUT2D eigenvalue weighted by Crippen LogP contribution is 2.28. The first kappa shape index (κ1) is 28.3. The van der Waals surface area contributed by atoms with Gasteiger partial charge in [0.25, 0.3) is 5.91 Å². The summed E-state index contributed by atoms with van der Waals surface area (Å²) in [5, 5.41) is 22.5. The number of nitrogens with zero attached hydrogens (tertiary/aromatic N) is 1. The number of amides is 2. The maximum absolute atomic E-state index is 12.8. The minimum absolute atomic E-state index is 0.171. The summed E-state index contributed by atoms with van der Waals surface area (Å²) in [6.45, 7) is 0.978. The number of anilines is 2. The summed E-state index contributed by atoms with van der Waals surface area (Å²) >= 11 is 0. The minimum atomic E-state index is -4.84. The van der Waals surface area contributed by atoms with Crippen LogP contribution in [0.25, 0.3) is 0 Å². The van der Waals surface area contributed by atoms with E-state index in [1.807, 2.05) is 0 Å². The maximum Gasteiger partial charge on any atom is 0.573 e. The number of aliphatic hydroxyl groups is 2. The molecule has 0 saturated heterocycles. The highest BCUT2D eigenvalue weighted by atomic mass is 19.4. The number of para-hydroxylation sites is 2. The molecule has 0 aliphatic carbocycles. The van der Waals surface area contributed by atoms with Crippen LogP contribution < -0.4 is 15.8 Å². The first-order valence-corrected chi connectivity index (χ1v) is 11.4. The number of hydrogen-bond acceptors (Lipinski definition) is 7. The molecule has 3 aromatic carbocycles. The molecule has 2 amide bonds. The van der Waals surface area contributed by atoms with Gasteiger partial charge in [0.15, 0.2) is 0 Å². The van der Waals surface area contributed by atoms with E-state index in [1.165, 1.54) is 36.4 Å². The second kappa shape index (κ2) is 12.3. The lowest BCUT2D eigenvalue weighted by molar-refractivity contribution is -0.274. The number of rotatable bonds is 9. The van der Waals surface area contributed by atoms with Gasteiger partial charge in [-0.05, 0) is 48.9 Å². The summed E-state index contributed by atoms with van der Waals surface area (Å²) in [6.07, 6.45) is -7.51. The smallest absolute Gasteiger partial charge is 0.415 e. The van der Waals surface area contributed by atoms with Crippen LogP contribution in [0.15, 0.2) is 72.8 Å². The fraction of sp³-hybridized carbons (Fsp3) is 0.231. The Morgan fingerprint density at radius 3 is 2.18 bits per heavy atom. The van der Waals surface area contributed by atoms with Crippen molar-refractivity contribution in [2.75, 3.05) is 24.2 Å². The zero-order chi connectivity index (χ0) is 27.9. The summed E-state index contributed by atoms with van der Waals surface area (Å²) in [4.78, 5) is 26.4. The van der Waals surface area contributed by atoms with Gasteiger partial charge < -0.3 is 30.7 Å². The van der Waals surface area contributed by atoms with Gasteiger partial charge in [-0.25, -0.2) is 4.79 Å². The lowest BCUT2D eigenvalue weighted by Crippen LogP contribution is -2.37. The number of carbonyl (C=O) groups excluding carboxylic acids is 2. The van der Waals surface area contributed by atoms with Crippen LogP contribution >= 0.6 is 0 Å². The molecule has 0 aromatic heterocycles. The van der Waals surface area contributed by atoms with Crippen LogP contribution in [0, 0.1) is 0 Å². The Morgan fingerprint density at radius 2 is 1.61 bits per heavy atom. The third kappa shape index (κ3) is 7.60. The average Bonchev–Trinajstić information content (AvgIpc) is 2.87. The van der Waals surface area contributed by atoms with E-state index >= 15 is 0 Å². The van der Waals surface area contributed by atoms with Crippen LogP contribution in [0.1, 0.15) is 40.7 Å². The molecule has 202 valence electrons. The Hall–Kier alpha value is -4.29. The summed E-state index contributed by atoms with van der Waals surface area (Å²) in [7, 11) is 0. The molecule has 0 saturated carbocycles. The molecule has 0 aliphatic rings. The summed E-state index contributed by atoms with van der Waals surface area (Å²) in [5.74, 6) is -0.861. The SMILES string of the molecule is C[C@@H](c1ccc(OC(F)(F)F)cc1)N(CCO)C(=O)O[C@H](O)c1ccc(C(=O)Nc2ccccc2N)cc1. The molecule has 0 bridgehead atoms. The second-order valence-corrected chi connectivity index (χ2v) is 8.11. The fourth-order valence-corrected chi connectivity index (χ4v) is 3.51. The molecule has 5 N–H and O–H groups in total. The molecule has 3 aromatic rings. The largest absolute Gasteiger partial charge is 0.573 e. The Kier molecular flexibility index (Phi) is 9.16. The molecule has 0 spiro atoms. The predicted octanol–water partition coefficient (Wildman–Crippen LogP) is 4.60. The van der Waals surface area contributed by atoms with E-state index in [2.05, 4.69) is 10.1 Å². The van der Waals surface area contributed by atoms with Crippen LogP contribution in [-0.4, -0.2) is 46.6 Å². The van der Waals surface area contributed by atoms with E-state index in [-0.39, 0.29) is 17.7 Å². The first-order valence-electron chi connectivity index (χ1n) is 11.4. The number of aliphatic hydroxyl groups excluding tert-OH is 2. The number of halogens is 3. The third-order valence-corrected chi connectivity index (χ3v) is 5.52. The second-order valence-electron chi connectivity index (χ2n) is 8.11. The molecular weight excluding hydrogens is 507 g/mol. The number of nitrogens with two attached hydrogens (primary N) is 1. The normalized spacial score (nSPS) is 12.8. The van der Waals surface area contributed by atoms with Gasteiger partial charge in [-0.1, -0.05) is 36.4 Å².